The molecule has 0 radical (unpaired) electrons. The van der Waals surface area contributed by atoms with Crippen molar-refractivity contribution in [3.05, 3.63) is 24.3 Å². The van der Waals surface area contributed by atoms with Crippen LogP contribution < -0.4 is 10.2 Å². The minimum atomic E-state index is -0.740. The summed E-state index contributed by atoms with van der Waals surface area (Å²) in [5.74, 6) is -0.248. The molecule has 1 N–H and O–H groups in total. The van der Waals surface area contributed by atoms with E-state index >= 15 is 0 Å². The summed E-state index contributed by atoms with van der Waals surface area (Å²) in [5.41, 5.74) is 1.35. The lowest BCUT2D eigenvalue weighted by molar-refractivity contribution is -0.147. The smallest absolute Gasteiger partial charge is 0.331 e. The van der Waals surface area contributed by atoms with Crippen molar-refractivity contribution in [2.24, 2.45) is 0 Å². The van der Waals surface area contributed by atoms with E-state index in [-0.39, 0.29) is 5.97 Å². The van der Waals surface area contributed by atoms with Gasteiger partial charge in [-0.2, -0.15) is 0 Å². The third kappa shape index (κ3) is 4.11. The predicted molar refractivity (Wildman–Crippen MR) is 83.8 cm³/mol. The van der Waals surface area contributed by atoms with Crippen LogP contribution in [0.5, 0.6) is 0 Å². The Morgan fingerprint density at radius 3 is 2.48 bits per heavy atom. The van der Waals surface area contributed by atoms with Crippen LogP contribution in [0.4, 0.5) is 11.4 Å². The van der Waals surface area contributed by atoms with Crippen LogP contribution in [0.15, 0.2) is 24.3 Å². The highest BCUT2D eigenvalue weighted by molar-refractivity contribution is 5.83. The van der Waals surface area contributed by atoms with Gasteiger partial charge in [-0.15, -0.1) is 0 Å². The lowest BCUT2D eigenvalue weighted by Crippen LogP contribution is -2.41. The molecule has 1 saturated heterocycles. The van der Waals surface area contributed by atoms with Crippen molar-refractivity contribution in [1.29, 1.82) is 0 Å². The van der Waals surface area contributed by atoms with E-state index < -0.39 is 5.54 Å². The van der Waals surface area contributed by atoms with E-state index in [4.69, 9.17) is 9.47 Å². The van der Waals surface area contributed by atoms with Gasteiger partial charge in [0, 0.05) is 24.5 Å². The maximum atomic E-state index is 11.9. The van der Waals surface area contributed by atoms with Crippen LogP contribution in [0.3, 0.4) is 0 Å². The van der Waals surface area contributed by atoms with Crippen molar-refractivity contribution in [2.75, 3.05) is 43.1 Å². The number of nitrogens with one attached hydrogen (secondary N) is 1. The molecule has 2 rings (SSSR count). The van der Waals surface area contributed by atoms with Crippen LogP contribution >= 0.6 is 0 Å². The molecule has 5 heteroatoms. The van der Waals surface area contributed by atoms with E-state index in [1.807, 2.05) is 32.9 Å². The number of carbonyl (C=O) groups is 1. The zero-order valence-electron chi connectivity index (χ0n) is 13.0. The maximum absolute atomic E-state index is 11.9. The summed E-state index contributed by atoms with van der Waals surface area (Å²) < 4.78 is 10.4. The van der Waals surface area contributed by atoms with E-state index in [1.165, 1.54) is 5.69 Å². The number of ether oxygens (including phenoxy) is 2. The van der Waals surface area contributed by atoms with Gasteiger partial charge >= 0.3 is 5.97 Å². The number of hydrogen-bond acceptors (Lipinski definition) is 5. The van der Waals surface area contributed by atoms with Crippen molar-refractivity contribution in [3.8, 4) is 0 Å². The van der Waals surface area contributed by atoms with Crippen molar-refractivity contribution in [1.82, 2.24) is 0 Å². The highest BCUT2D eigenvalue weighted by Crippen LogP contribution is 2.22. The molecule has 0 bridgehead atoms. The van der Waals surface area contributed by atoms with Gasteiger partial charge in [0.2, 0.25) is 0 Å². The standard InChI is InChI=1S/C16H24N2O3/c1-4-21-15(19)16(2,3)17-13-5-7-14(8-6-13)18-9-11-20-12-10-18/h5-8,17H,4,9-12H2,1-3H3. The fourth-order valence-corrected chi connectivity index (χ4v) is 2.30. The average molecular weight is 292 g/mol. The molecule has 0 aliphatic carbocycles. The van der Waals surface area contributed by atoms with E-state index in [2.05, 4.69) is 22.3 Å². The SMILES string of the molecule is CCOC(=O)C(C)(C)Nc1ccc(N2CCOCC2)cc1. The molecule has 5 nitrogen and oxygen atoms in total. The first-order valence-corrected chi connectivity index (χ1v) is 7.41. The van der Waals surface area contributed by atoms with Crippen LogP contribution in [0.2, 0.25) is 0 Å². The topological polar surface area (TPSA) is 50.8 Å². The quantitative estimate of drug-likeness (QED) is 0.844. The lowest BCUT2D eigenvalue weighted by Gasteiger charge is -2.29. The molecule has 1 aliphatic heterocycles. The number of hydrogen-bond donors (Lipinski definition) is 1. The Balaban J connectivity index is 2.00. The number of anilines is 2. The van der Waals surface area contributed by atoms with Crippen molar-refractivity contribution in [3.63, 3.8) is 0 Å². The van der Waals surface area contributed by atoms with Gasteiger partial charge in [-0.25, -0.2) is 4.79 Å². The van der Waals surface area contributed by atoms with E-state index in [0.29, 0.717) is 6.61 Å². The van der Waals surface area contributed by atoms with Crippen LogP contribution in [0.1, 0.15) is 20.8 Å². The van der Waals surface area contributed by atoms with Crippen LogP contribution in [0.25, 0.3) is 0 Å². The zero-order chi connectivity index (χ0) is 15.3. The minimum Gasteiger partial charge on any atom is -0.464 e. The highest BCUT2D eigenvalue weighted by atomic mass is 16.5. The second-order valence-corrected chi connectivity index (χ2v) is 5.62. The largest absolute Gasteiger partial charge is 0.464 e. The average Bonchev–Trinajstić information content (AvgIpc) is 2.49. The molecular weight excluding hydrogens is 268 g/mol. The molecule has 0 atom stereocenters. The molecule has 0 spiro atoms. The number of carbonyl (C=O) groups excluding carboxylic acids is 1. The van der Waals surface area contributed by atoms with Gasteiger partial charge in [-0.3, -0.25) is 0 Å². The monoisotopic (exact) mass is 292 g/mol. The maximum Gasteiger partial charge on any atom is 0.331 e. The molecule has 0 unspecified atom stereocenters. The van der Waals surface area contributed by atoms with Gasteiger partial charge in [0.05, 0.1) is 19.8 Å². The minimum absolute atomic E-state index is 0.248. The Morgan fingerprint density at radius 1 is 1.29 bits per heavy atom. The summed E-state index contributed by atoms with van der Waals surface area (Å²) in [6.07, 6.45) is 0. The van der Waals surface area contributed by atoms with Gasteiger partial charge in [0.1, 0.15) is 5.54 Å². The molecule has 1 heterocycles. The molecule has 1 aliphatic rings. The lowest BCUT2D eigenvalue weighted by atomic mass is 10.1. The van der Waals surface area contributed by atoms with Gasteiger partial charge in [-0.05, 0) is 45.0 Å². The highest BCUT2D eigenvalue weighted by Gasteiger charge is 2.28. The van der Waals surface area contributed by atoms with Gasteiger partial charge < -0.3 is 19.7 Å². The molecule has 1 fully saturated rings. The first-order chi connectivity index (χ1) is 10.0. The van der Waals surface area contributed by atoms with Gasteiger partial charge in [-0.1, -0.05) is 0 Å². The first kappa shape index (κ1) is 15.6. The zero-order valence-corrected chi connectivity index (χ0v) is 13.0. The Labute approximate surface area is 126 Å². The summed E-state index contributed by atoms with van der Waals surface area (Å²) >= 11 is 0. The van der Waals surface area contributed by atoms with Crippen LogP contribution in [0, 0.1) is 0 Å². The van der Waals surface area contributed by atoms with Crippen molar-refractivity contribution in [2.45, 2.75) is 26.3 Å². The Bertz CT molecular complexity index is 465. The number of esters is 1. The Kier molecular flexibility index (Phi) is 5.07. The molecule has 0 saturated carbocycles. The van der Waals surface area contributed by atoms with E-state index in [9.17, 15) is 4.79 Å². The number of nitrogens with zero attached hydrogens (tertiary/aromatic N) is 1. The fourth-order valence-electron chi connectivity index (χ4n) is 2.30. The van der Waals surface area contributed by atoms with Crippen LogP contribution in [-0.2, 0) is 14.3 Å². The molecular formula is C16H24N2O3. The van der Waals surface area contributed by atoms with E-state index in [0.717, 1.165) is 32.0 Å². The van der Waals surface area contributed by atoms with Gasteiger partial charge in [0.15, 0.2) is 0 Å². The van der Waals surface area contributed by atoms with Crippen molar-refractivity contribution < 1.29 is 14.3 Å². The molecule has 116 valence electrons. The summed E-state index contributed by atoms with van der Waals surface area (Å²) in [6.45, 7) is 9.22. The summed E-state index contributed by atoms with van der Waals surface area (Å²) in [6, 6.07) is 8.11. The molecule has 0 amide bonds. The summed E-state index contributed by atoms with van der Waals surface area (Å²) in [7, 11) is 0. The van der Waals surface area contributed by atoms with Gasteiger partial charge in [0.25, 0.3) is 0 Å². The summed E-state index contributed by atoms with van der Waals surface area (Å²) in [5, 5.41) is 3.22. The Morgan fingerprint density at radius 2 is 1.90 bits per heavy atom. The number of rotatable bonds is 5. The molecule has 0 aromatic heterocycles. The normalized spacial score (nSPS) is 15.7. The molecule has 21 heavy (non-hydrogen) atoms. The third-order valence-electron chi connectivity index (χ3n) is 3.49. The Hall–Kier alpha value is -1.75. The van der Waals surface area contributed by atoms with Crippen molar-refractivity contribution >= 4 is 17.3 Å². The first-order valence-electron chi connectivity index (χ1n) is 7.41. The van der Waals surface area contributed by atoms with E-state index in [1.54, 1.807) is 0 Å². The fraction of sp³-hybridized carbons (Fsp3) is 0.562. The second-order valence-electron chi connectivity index (χ2n) is 5.62. The molecule has 1 aromatic carbocycles. The van der Waals surface area contributed by atoms with Crippen LogP contribution in [-0.4, -0.2) is 44.4 Å². The second kappa shape index (κ2) is 6.80. The summed E-state index contributed by atoms with van der Waals surface area (Å²) in [4.78, 5) is 14.2. The third-order valence-corrected chi connectivity index (χ3v) is 3.49. The number of morpholine rings is 1. The molecule has 1 aromatic rings. The number of benzene rings is 1. The predicted octanol–water partition coefficient (Wildman–Crippen LogP) is 2.28.